The van der Waals surface area contributed by atoms with Crippen LogP contribution < -0.4 is 0 Å². The maximum Gasteiger partial charge on any atom is 0.166 e. The Balaban J connectivity index is 1.03. The van der Waals surface area contributed by atoms with Crippen LogP contribution in [0.25, 0.3) is 142 Å². The summed E-state index contributed by atoms with van der Waals surface area (Å²) < 4.78 is 13.5. The Morgan fingerprint density at radius 3 is 1.73 bits per heavy atom. The third-order valence-corrected chi connectivity index (χ3v) is 15.2. The van der Waals surface area contributed by atoms with Crippen molar-refractivity contribution in [2.24, 2.45) is 0 Å². The van der Waals surface area contributed by atoms with Crippen molar-refractivity contribution in [2.45, 2.75) is 0 Å². The second kappa shape index (κ2) is 15.2. The molecule has 0 bridgehead atoms. The minimum Gasteiger partial charge on any atom is -0.456 e. The zero-order valence-corrected chi connectivity index (χ0v) is 38.2. The van der Waals surface area contributed by atoms with E-state index in [9.17, 15) is 0 Å². The molecule has 0 unspecified atom stereocenters. The molecule has 10 aromatic carbocycles. The van der Waals surface area contributed by atoms with Crippen LogP contribution in [-0.4, -0.2) is 24.1 Å². The van der Waals surface area contributed by atoms with Gasteiger partial charge in [-0.1, -0.05) is 152 Å². The standard InChI is InChI=1S/C63H37N5OS/c1-3-17-38(18-4-1)41-24-16-34-56-57(41)47-27-14-29-49(60(47)70-56)63-65-61(39-35-36-55-50(37-39)44-23-9-12-33-54(44)69-55)64-62(66-63)48-28-13-25-45-42-21-8-11-31-52(42)68(58(45)48)53-32-15-26-46-43-22-7-10-30-51(43)67(59(46)53)40-19-5-2-6-20-40/h1-37H. The normalized spacial score (nSPS) is 12.0. The molecule has 0 saturated carbocycles. The Morgan fingerprint density at radius 2 is 0.929 bits per heavy atom. The molecule has 0 radical (unpaired) electrons. The van der Waals surface area contributed by atoms with E-state index < -0.39 is 0 Å². The molecule has 0 amide bonds. The van der Waals surface area contributed by atoms with Crippen molar-refractivity contribution in [1.82, 2.24) is 24.1 Å². The van der Waals surface area contributed by atoms with Gasteiger partial charge in [0.25, 0.3) is 0 Å². The number of rotatable bonds is 6. The molecular weight excluding hydrogens is 875 g/mol. The Morgan fingerprint density at radius 1 is 0.357 bits per heavy atom. The third kappa shape index (κ3) is 5.76. The van der Waals surface area contributed by atoms with Gasteiger partial charge in [-0.15, -0.1) is 11.3 Å². The van der Waals surface area contributed by atoms with E-state index in [1.54, 1.807) is 11.3 Å². The number of hydrogen-bond acceptors (Lipinski definition) is 5. The van der Waals surface area contributed by atoms with Gasteiger partial charge in [0, 0.05) is 74.9 Å². The Bertz CT molecular complexity index is 4600. The molecule has 0 atom stereocenters. The lowest BCUT2D eigenvalue weighted by Crippen LogP contribution is -2.03. The van der Waals surface area contributed by atoms with E-state index in [0.717, 1.165) is 87.5 Å². The van der Waals surface area contributed by atoms with Crippen molar-refractivity contribution in [2.75, 3.05) is 0 Å². The summed E-state index contributed by atoms with van der Waals surface area (Å²) in [6, 6.07) is 79.6. The first-order chi connectivity index (χ1) is 34.7. The number of hydrogen-bond donors (Lipinski definition) is 0. The number of fused-ring (bicyclic) bond motifs is 12. The van der Waals surface area contributed by atoms with Crippen molar-refractivity contribution in [1.29, 1.82) is 0 Å². The molecule has 6 nitrogen and oxygen atoms in total. The van der Waals surface area contributed by atoms with Gasteiger partial charge >= 0.3 is 0 Å². The van der Waals surface area contributed by atoms with Crippen LogP contribution in [0.4, 0.5) is 0 Å². The highest BCUT2D eigenvalue weighted by Crippen LogP contribution is 2.46. The van der Waals surface area contributed by atoms with Gasteiger partial charge < -0.3 is 13.6 Å². The minimum atomic E-state index is 0.584. The quantitative estimate of drug-likeness (QED) is 0.167. The number of furan rings is 1. The number of aromatic nitrogens is 5. The van der Waals surface area contributed by atoms with Crippen molar-refractivity contribution < 1.29 is 4.42 Å². The second-order valence-corrected chi connectivity index (χ2v) is 18.9. The van der Waals surface area contributed by atoms with Gasteiger partial charge in [0.05, 0.1) is 27.8 Å². The summed E-state index contributed by atoms with van der Waals surface area (Å²) in [7, 11) is 0. The summed E-state index contributed by atoms with van der Waals surface area (Å²) in [5.74, 6) is 1.79. The molecule has 5 heterocycles. The molecule has 70 heavy (non-hydrogen) atoms. The van der Waals surface area contributed by atoms with Gasteiger partial charge in [-0.05, 0) is 83.9 Å². The lowest BCUT2D eigenvalue weighted by molar-refractivity contribution is 0.669. The molecule has 326 valence electrons. The van der Waals surface area contributed by atoms with Gasteiger partial charge in [0.2, 0.25) is 0 Å². The second-order valence-electron chi connectivity index (χ2n) is 17.9. The average Bonchev–Trinajstić information content (AvgIpc) is 4.19. The lowest BCUT2D eigenvalue weighted by Gasteiger charge is -2.16. The predicted molar refractivity (Wildman–Crippen MR) is 290 cm³/mol. The van der Waals surface area contributed by atoms with Crippen LogP contribution in [0.3, 0.4) is 0 Å². The van der Waals surface area contributed by atoms with Gasteiger partial charge in [-0.2, -0.15) is 0 Å². The van der Waals surface area contributed by atoms with Crippen LogP contribution in [0.5, 0.6) is 0 Å². The van der Waals surface area contributed by atoms with Crippen molar-refractivity contribution in [3.63, 3.8) is 0 Å². The highest BCUT2D eigenvalue weighted by Gasteiger charge is 2.25. The SMILES string of the molecule is c1ccc(-c2cccc3sc4c(-c5nc(-c6ccc7oc8ccccc8c7c6)nc(-c6cccc7c8ccccc8n(-c8cccc9c%10ccccc%10n(-c%10ccccc%10)c89)c67)n5)cccc4c23)cc1. The monoisotopic (exact) mass is 911 g/mol. The molecule has 0 N–H and O–H groups in total. The molecule has 0 aliphatic rings. The summed E-state index contributed by atoms with van der Waals surface area (Å²) >= 11 is 1.79. The molecule has 5 aromatic heterocycles. The molecule has 0 fully saturated rings. The third-order valence-electron chi connectivity index (χ3n) is 14.0. The number of benzene rings is 10. The first kappa shape index (κ1) is 38.9. The Labute approximate surface area is 404 Å². The number of para-hydroxylation sites is 6. The first-order valence-corrected chi connectivity index (χ1v) is 24.3. The summed E-state index contributed by atoms with van der Waals surface area (Å²) in [4.78, 5) is 16.5. The zero-order chi connectivity index (χ0) is 45.9. The van der Waals surface area contributed by atoms with Crippen molar-refractivity contribution in [3.8, 4) is 56.7 Å². The van der Waals surface area contributed by atoms with Gasteiger partial charge in [0.15, 0.2) is 17.5 Å². The maximum absolute atomic E-state index is 6.31. The highest BCUT2D eigenvalue weighted by molar-refractivity contribution is 7.26. The van der Waals surface area contributed by atoms with E-state index in [2.05, 4.69) is 215 Å². The topological polar surface area (TPSA) is 61.7 Å². The van der Waals surface area contributed by atoms with E-state index in [1.165, 1.54) is 37.4 Å². The van der Waals surface area contributed by atoms with E-state index >= 15 is 0 Å². The Hall–Kier alpha value is -9.17. The average molecular weight is 912 g/mol. The smallest absolute Gasteiger partial charge is 0.166 e. The minimum absolute atomic E-state index is 0.584. The lowest BCUT2D eigenvalue weighted by atomic mass is 9.99. The van der Waals surface area contributed by atoms with Crippen molar-refractivity contribution >= 4 is 97.1 Å². The van der Waals surface area contributed by atoms with E-state index in [-0.39, 0.29) is 0 Å². The molecular formula is C63H37N5OS. The fourth-order valence-electron chi connectivity index (χ4n) is 11.0. The largest absolute Gasteiger partial charge is 0.456 e. The molecule has 7 heteroatoms. The fraction of sp³-hybridized carbons (Fsp3) is 0. The number of nitrogens with zero attached hydrogens (tertiary/aromatic N) is 5. The molecule has 0 spiro atoms. The predicted octanol–water partition coefficient (Wildman–Crippen LogP) is 17.0. The summed E-state index contributed by atoms with van der Waals surface area (Å²) in [5, 5.41) is 9.12. The molecule has 15 rings (SSSR count). The van der Waals surface area contributed by atoms with Gasteiger partial charge in [-0.25, -0.2) is 15.0 Å². The molecule has 0 aliphatic carbocycles. The zero-order valence-electron chi connectivity index (χ0n) is 37.4. The summed E-state index contributed by atoms with van der Waals surface area (Å²) in [6.07, 6.45) is 0. The molecule has 0 aliphatic heterocycles. The van der Waals surface area contributed by atoms with Crippen LogP contribution >= 0.6 is 11.3 Å². The van der Waals surface area contributed by atoms with Crippen LogP contribution in [0.15, 0.2) is 229 Å². The Kier molecular flexibility index (Phi) is 8.43. The van der Waals surface area contributed by atoms with E-state index in [1.807, 2.05) is 18.2 Å². The van der Waals surface area contributed by atoms with E-state index in [0.29, 0.717) is 17.5 Å². The van der Waals surface area contributed by atoms with Crippen molar-refractivity contribution in [3.05, 3.63) is 224 Å². The first-order valence-electron chi connectivity index (χ1n) is 23.5. The summed E-state index contributed by atoms with van der Waals surface area (Å²) in [6.45, 7) is 0. The summed E-state index contributed by atoms with van der Waals surface area (Å²) in [5.41, 5.74) is 13.4. The van der Waals surface area contributed by atoms with Crippen LogP contribution in [0.1, 0.15) is 0 Å². The molecule has 15 aromatic rings. The highest BCUT2D eigenvalue weighted by atomic mass is 32.1. The fourth-order valence-corrected chi connectivity index (χ4v) is 12.2. The number of thiophene rings is 1. The van der Waals surface area contributed by atoms with E-state index in [4.69, 9.17) is 19.4 Å². The van der Waals surface area contributed by atoms with Gasteiger partial charge in [0.1, 0.15) is 11.2 Å². The maximum atomic E-state index is 6.31. The van der Waals surface area contributed by atoms with Crippen LogP contribution in [0.2, 0.25) is 0 Å². The van der Waals surface area contributed by atoms with Crippen LogP contribution in [-0.2, 0) is 0 Å². The van der Waals surface area contributed by atoms with Gasteiger partial charge in [-0.3, -0.25) is 0 Å². The molecule has 0 saturated heterocycles. The van der Waals surface area contributed by atoms with Crippen LogP contribution in [0, 0.1) is 0 Å².